The van der Waals surface area contributed by atoms with E-state index in [1.807, 2.05) is 11.8 Å². The molecule has 0 aromatic carbocycles. The van der Waals surface area contributed by atoms with Crippen molar-refractivity contribution < 1.29 is 4.79 Å². The maximum Gasteiger partial charge on any atom is 0.242 e. The Bertz CT molecular complexity index is 220. The topological polar surface area (TPSA) is 72.3 Å². The van der Waals surface area contributed by atoms with E-state index in [0.717, 1.165) is 25.9 Å². The lowest BCUT2D eigenvalue weighted by atomic mass is 9.90. The average molecular weight is 199 g/mol. The van der Waals surface area contributed by atoms with Crippen molar-refractivity contribution in [3.8, 4) is 0 Å². The molecule has 4 N–H and O–H groups in total. The molecule has 1 aliphatic heterocycles. The number of rotatable bonds is 1. The Morgan fingerprint density at radius 1 is 1.36 bits per heavy atom. The van der Waals surface area contributed by atoms with Crippen LogP contribution in [0.5, 0.6) is 0 Å². The molecule has 0 saturated carbocycles. The van der Waals surface area contributed by atoms with Gasteiger partial charge >= 0.3 is 0 Å². The molecule has 1 saturated heterocycles. The van der Waals surface area contributed by atoms with Crippen LogP contribution in [0.3, 0.4) is 0 Å². The number of likely N-dealkylation sites (tertiary alicyclic amines) is 1. The SMILES string of the molecule is CC1(N)CCN(C(=O)C(C)(C)N)CC1. The third-order valence-electron chi connectivity index (χ3n) is 2.74. The number of hydrogen-bond donors (Lipinski definition) is 2. The summed E-state index contributed by atoms with van der Waals surface area (Å²) in [5.41, 5.74) is 10.9. The average Bonchev–Trinajstić information content (AvgIpc) is 2.01. The predicted molar refractivity (Wildman–Crippen MR) is 56.7 cm³/mol. The largest absolute Gasteiger partial charge is 0.341 e. The van der Waals surface area contributed by atoms with Crippen LogP contribution in [0.4, 0.5) is 0 Å². The fourth-order valence-electron chi connectivity index (χ4n) is 1.63. The van der Waals surface area contributed by atoms with Gasteiger partial charge in [-0.3, -0.25) is 4.79 Å². The number of piperidine rings is 1. The van der Waals surface area contributed by atoms with E-state index in [-0.39, 0.29) is 11.4 Å². The molecule has 0 bridgehead atoms. The molecule has 82 valence electrons. The smallest absolute Gasteiger partial charge is 0.242 e. The Morgan fingerprint density at radius 3 is 2.14 bits per heavy atom. The lowest BCUT2D eigenvalue weighted by molar-refractivity contribution is -0.137. The molecular formula is C10H21N3O. The van der Waals surface area contributed by atoms with Gasteiger partial charge in [-0.1, -0.05) is 0 Å². The van der Waals surface area contributed by atoms with Gasteiger partial charge in [0.1, 0.15) is 0 Å². The third kappa shape index (κ3) is 2.69. The summed E-state index contributed by atoms with van der Waals surface area (Å²) in [7, 11) is 0. The second-order valence-electron chi connectivity index (χ2n) is 5.17. The van der Waals surface area contributed by atoms with Gasteiger partial charge in [-0.25, -0.2) is 0 Å². The minimum absolute atomic E-state index is 0.0213. The number of hydrogen-bond acceptors (Lipinski definition) is 3. The fourth-order valence-corrected chi connectivity index (χ4v) is 1.63. The summed E-state index contributed by atoms with van der Waals surface area (Å²) in [5, 5.41) is 0. The summed E-state index contributed by atoms with van der Waals surface area (Å²) < 4.78 is 0. The molecule has 0 unspecified atom stereocenters. The standard InChI is InChI=1S/C10H21N3O/c1-9(2,11)8(14)13-6-4-10(3,12)5-7-13/h4-7,11-12H2,1-3H3. The van der Waals surface area contributed by atoms with Gasteiger partial charge in [-0.15, -0.1) is 0 Å². The van der Waals surface area contributed by atoms with Gasteiger partial charge in [-0.2, -0.15) is 0 Å². The molecule has 1 aliphatic rings. The van der Waals surface area contributed by atoms with Crippen molar-refractivity contribution in [1.29, 1.82) is 0 Å². The van der Waals surface area contributed by atoms with E-state index in [2.05, 4.69) is 0 Å². The van der Waals surface area contributed by atoms with Gasteiger partial charge in [0.15, 0.2) is 0 Å². The van der Waals surface area contributed by atoms with Crippen LogP contribution in [0, 0.1) is 0 Å². The fraction of sp³-hybridized carbons (Fsp3) is 0.900. The van der Waals surface area contributed by atoms with Crippen molar-refractivity contribution in [2.45, 2.75) is 44.7 Å². The van der Waals surface area contributed by atoms with E-state index >= 15 is 0 Å². The molecule has 0 aromatic heterocycles. The minimum Gasteiger partial charge on any atom is -0.341 e. The Morgan fingerprint density at radius 2 is 1.79 bits per heavy atom. The van der Waals surface area contributed by atoms with Crippen LogP contribution in [0.1, 0.15) is 33.6 Å². The van der Waals surface area contributed by atoms with Gasteiger partial charge in [-0.05, 0) is 33.6 Å². The van der Waals surface area contributed by atoms with Crippen molar-refractivity contribution in [3.63, 3.8) is 0 Å². The first kappa shape index (κ1) is 11.5. The predicted octanol–water partition coefficient (Wildman–Crippen LogP) is 0.0635. The van der Waals surface area contributed by atoms with Crippen LogP contribution in [-0.4, -0.2) is 35.0 Å². The molecule has 1 fully saturated rings. The number of carbonyl (C=O) groups excluding carboxylic acids is 1. The van der Waals surface area contributed by atoms with Crippen LogP contribution in [-0.2, 0) is 4.79 Å². The third-order valence-corrected chi connectivity index (χ3v) is 2.74. The molecular weight excluding hydrogens is 178 g/mol. The summed E-state index contributed by atoms with van der Waals surface area (Å²) in [4.78, 5) is 13.6. The zero-order valence-electron chi connectivity index (χ0n) is 9.34. The molecule has 1 amide bonds. The number of carbonyl (C=O) groups is 1. The van der Waals surface area contributed by atoms with E-state index < -0.39 is 5.54 Å². The van der Waals surface area contributed by atoms with Gasteiger partial charge in [0.25, 0.3) is 0 Å². The van der Waals surface area contributed by atoms with Crippen molar-refractivity contribution in [3.05, 3.63) is 0 Å². The number of nitrogens with zero attached hydrogens (tertiary/aromatic N) is 1. The van der Waals surface area contributed by atoms with Crippen molar-refractivity contribution in [1.82, 2.24) is 4.90 Å². The summed E-state index contributed by atoms with van der Waals surface area (Å²) in [6.07, 6.45) is 1.71. The first-order valence-electron chi connectivity index (χ1n) is 5.09. The highest BCUT2D eigenvalue weighted by Crippen LogP contribution is 2.20. The zero-order valence-corrected chi connectivity index (χ0v) is 9.34. The summed E-state index contributed by atoms with van der Waals surface area (Å²) in [6, 6.07) is 0. The highest BCUT2D eigenvalue weighted by atomic mass is 16.2. The molecule has 4 heteroatoms. The maximum atomic E-state index is 11.8. The second kappa shape index (κ2) is 3.51. The maximum absolute atomic E-state index is 11.8. The second-order valence-corrected chi connectivity index (χ2v) is 5.17. The first-order chi connectivity index (χ1) is 6.22. The monoisotopic (exact) mass is 199 g/mol. The van der Waals surface area contributed by atoms with E-state index in [0.29, 0.717) is 0 Å². The lowest BCUT2D eigenvalue weighted by Gasteiger charge is -2.39. The number of amides is 1. The molecule has 0 spiro atoms. The van der Waals surface area contributed by atoms with Crippen LogP contribution in [0.25, 0.3) is 0 Å². The zero-order chi connectivity index (χ0) is 11.0. The minimum atomic E-state index is -0.762. The molecule has 1 rings (SSSR count). The van der Waals surface area contributed by atoms with Crippen LogP contribution in [0.2, 0.25) is 0 Å². The van der Waals surface area contributed by atoms with Crippen molar-refractivity contribution in [2.24, 2.45) is 11.5 Å². The Balaban J connectivity index is 2.55. The van der Waals surface area contributed by atoms with Gasteiger partial charge in [0, 0.05) is 18.6 Å². The molecule has 0 aromatic rings. The van der Waals surface area contributed by atoms with Crippen LogP contribution in [0.15, 0.2) is 0 Å². The molecule has 1 heterocycles. The molecule has 4 nitrogen and oxygen atoms in total. The molecule has 0 radical (unpaired) electrons. The Kier molecular flexibility index (Phi) is 2.88. The van der Waals surface area contributed by atoms with E-state index in [1.165, 1.54) is 0 Å². The van der Waals surface area contributed by atoms with Gasteiger partial charge in [0.2, 0.25) is 5.91 Å². The highest BCUT2D eigenvalue weighted by molar-refractivity contribution is 5.85. The number of nitrogens with two attached hydrogens (primary N) is 2. The molecule has 14 heavy (non-hydrogen) atoms. The Hall–Kier alpha value is -0.610. The summed E-state index contributed by atoms with van der Waals surface area (Å²) in [5.74, 6) is 0.0213. The normalized spacial score (nSPS) is 22.2. The van der Waals surface area contributed by atoms with Crippen LogP contribution < -0.4 is 11.5 Å². The van der Waals surface area contributed by atoms with Gasteiger partial charge < -0.3 is 16.4 Å². The van der Waals surface area contributed by atoms with Gasteiger partial charge in [0.05, 0.1) is 5.54 Å². The summed E-state index contributed by atoms with van der Waals surface area (Å²) in [6.45, 7) is 6.97. The van der Waals surface area contributed by atoms with Crippen LogP contribution >= 0.6 is 0 Å². The van der Waals surface area contributed by atoms with E-state index in [4.69, 9.17) is 11.5 Å². The quantitative estimate of drug-likeness (QED) is 0.627. The van der Waals surface area contributed by atoms with E-state index in [1.54, 1.807) is 13.8 Å². The lowest BCUT2D eigenvalue weighted by Crippen LogP contribution is -2.56. The van der Waals surface area contributed by atoms with Crippen molar-refractivity contribution >= 4 is 5.91 Å². The van der Waals surface area contributed by atoms with Crippen molar-refractivity contribution in [2.75, 3.05) is 13.1 Å². The molecule has 0 atom stereocenters. The van der Waals surface area contributed by atoms with E-state index in [9.17, 15) is 4.79 Å². The Labute approximate surface area is 85.6 Å². The highest BCUT2D eigenvalue weighted by Gasteiger charge is 2.33. The first-order valence-corrected chi connectivity index (χ1v) is 5.09. The summed E-state index contributed by atoms with van der Waals surface area (Å²) >= 11 is 0. The molecule has 0 aliphatic carbocycles.